The van der Waals surface area contributed by atoms with Crippen molar-refractivity contribution in [3.05, 3.63) is 58.6 Å². The second kappa shape index (κ2) is 5.96. The Bertz CT molecular complexity index is 644. The molecule has 0 aliphatic carbocycles. The molecule has 0 bridgehead atoms. The fraction of sp³-hybridized carbons (Fsp3) is 0.294. The van der Waals surface area contributed by atoms with Gasteiger partial charge in [0, 0.05) is 17.0 Å². The van der Waals surface area contributed by atoms with Gasteiger partial charge in [-0.3, -0.25) is 0 Å². The number of rotatable bonds is 4. The molecule has 1 aliphatic heterocycles. The maximum Gasteiger partial charge on any atom is 0.127 e. The number of para-hydroxylation sites is 1. The van der Waals surface area contributed by atoms with Gasteiger partial charge in [-0.2, -0.15) is 0 Å². The van der Waals surface area contributed by atoms with Crippen LogP contribution < -0.4 is 15.2 Å². The first-order chi connectivity index (χ1) is 10.1. The van der Waals surface area contributed by atoms with Crippen molar-refractivity contribution < 1.29 is 9.47 Å². The largest absolute Gasteiger partial charge is 0.493 e. The van der Waals surface area contributed by atoms with Crippen LogP contribution in [0.2, 0.25) is 5.02 Å². The lowest BCUT2D eigenvalue weighted by Gasteiger charge is -2.23. The molecular formula is C17H18ClNO2. The SMILES string of the molecule is CC(Oc1cccc(Cl)c1)C(N)c1cccc2c1OCC2. The summed E-state index contributed by atoms with van der Waals surface area (Å²) >= 11 is 5.97. The average Bonchev–Trinajstić information content (AvgIpc) is 2.94. The van der Waals surface area contributed by atoms with Crippen LogP contribution in [0.4, 0.5) is 0 Å². The Hall–Kier alpha value is -1.71. The molecule has 4 heteroatoms. The van der Waals surface area contributed by atoms with E-state index in [0.717, 1.165) is 30.1 Å². The van der Waals surface area contributed by atoms with E-state index in [0.29, 0.717) is 5.02 Å². The number of fused-ring (bicyclic) bond motifs is 1. The third-order valence-electron chi connectivity index (χ3n) is 3.73. The quantitative estimate of drug-likeness (QED) is 0.935. The molecule has 2 unspecified atom stereocenters. The molecular weight excluding hydrogens is 286 g/mol. The van der Waals surface area contributed by atoms with Crippen molar-refractivity contribution in [2.24, 2.45) is 5.73 Å². The summed E-state index contributed by atoms with van der Waals surface area (Å²) in [5, 5.41) is 0.650. The fourth-order valence-corrected chi connectivity index (χ4v) is 2.76. The van der Waals surface area contributed by atoms with Gasteiger partial charge >= 0.3 is 0 Å². The Morgan fingerprint density at radius 3 is 2.86 bits per heavy atom. The molecule has 0 amide bonds. The maximum atomic E-state index is 6.36. The molecule has 3 rings (SSSR count). The topological polar surface area (TPSA) is 44.5 Å². The van der Waals surface area contributed by atoms with Crippen LogP contribution in [-0.4, -0.2) is 12.7 Å². The van der Waals surface area contributed by atoms with Gasteiger partial charge in [0.05, 0.1) is 12.6 Å². The first-order valence-electron chi connectivity index (χ1n) is 7.07. The number of hydrogen-bond acceptors (Lipinski definition) is 3. The van der Waals surface area contributed by atoms with Crippen molar-refractivity contribution in [3.8, 4) is 11.5 Å². The summed E-state index contributed by atoms with van der Waals surface area (Å²) in [6.45, 7) is 2.68. The zero-order chi connectivity index (χ0) is 14.8. The molecule has 0 spiro atoms. The van der Waals surface area contributed by atoms with E-state index >= 15 is 0 Å². The van der Waals surface area contributed by atoms with Crippen molar-refractivity contribution in [2.75, 3.05) is 6.61 Å². The van der Waals surface area contributed by atoms with Crippen LogP contribution in [0.3, 0.4) is 0 Å². The van der Waals surface area contributed by atoms with E-state index in [1.807, 2.05) is 37.3 Å². The van der Waals surface area contributed by atoms with Crippen LogP contribution in [-0.2, 0) is 6.42 Å². The van der Waals surface area contributed by atoms with Crippen molar-refractivity contribution in [2.45, 2.75) is 25.5 Å². The van der Waals surface area contributed by atoms with Crippen LogP contribution in [0.15, 0.2) is 42.5 Å². The molecule has 0 saturated carbocycles. The van der Waals surface area contributed by atoms with Crippen molar-refractivity contribution in [3.63, 3.8) is 0 Å². The number of benzene rings is 2. The summed E-state index contributed by atoms with van der Waals surface area (Å²) in [7, 11) is 0. The predicted octanol–water partition coefficient (Wildman–Crippen LogP) is 3.74. The normalized spacial score (nSPS) is 16.0. The third kappa shape index (κ3) is 2.99. The predicted molar refractivity (Wildman–Crippen MR) is 84.1 cm³/mol. The Morgan fingerprint density at radius 2 is 2.05 bits per heavy atom. The fourth-order valence-electron chi connectivity index (χ4n) is 2.58. The van der Waals surface area contributed by atoms with E-state index in [4.69, 9.17) is 26.8 Å². The highest BCUT2D eigenvalue weighted by Gasteiger charge is 2.24. The Labute approximate surface area is 129 Å². The van der Waals surface area contributed by atoms with E-state index in [-0.39, 0.29) is 12.1 Å². The Balaban J connectivity index is 1.79. The minimum Gasteiger partial charge on any atom is -0.493 e. The summed E-state index contributed by atoms with van der Waals surface area (Å²) in [6.07, 6.45) is 0.763. The maximum absolute atomic E-state index is 6.36. The van der Waals surface area contributed by atoms with Gasteiger partial charge in [0.15, 0.2) is 0 Å². The lowest BCUT2D eigenvalue weighted by atomic mass is 9.99. The number of hydrogen-bond donors (Lipinski definition) is 1. The van der Waals surface area contributed by atoms with Gasteiger partial charge in [0.25, 0.3) is 0 Å². The van der Waals surface area contributed by atoms with Crippen molar-refractivity contribution in [1.29, 1.82) is 0 Å². The summed E-state index contributed by atoms with van der Waals surface area (Å²) in [5.74, 6) is 1.64. The van der Waals surface area contributed by atoms with Crippen LogP contribution >= 0.6 is 11.6 Å². The highest BCUT2D eigenvalue weighted by molar-refractivity contribution is 6.30. The highest BCUT2D eigenvalue weighted by Crippen LogP contribution is 2.34. The van der Waals surface area contributed by atoms with E-state index in [2.05, 4.69) is 6.07 Å². The molecule has 2 N–H and O–H groups in total. The van der Waals surface area contributed by atoms with Gasteiger partial charge in [-0.05, 0) is 30.7 Å². The minimum atomic E-state index is -0.253. The lowest BCUT2D eigenvalue weighted by molar-refractivity contribution is 0.188. The molecule has 3 nitrogen and oxygen atoms in total. The molecule has 0 radical (unpaired) electrons. The monoisotopic (exact) mass is 303 g/mol. The zero-order valence-electron chi connectivity index (χ0n) is 11.9. The molecule has 2 aromatic carbocycles. The van der Waals surface area contributed by atoms with Crippen LogP contribution in [0.5, 0.6) is 11.5 Å². The molecule has 2 aromatic rings. The van der Waals surface area contributed by atoms with Crippen molar-refractivity contribution >= 4 is 11.6 Å². The Morgan fingerprint density at radius 1 is 1.24 bits per heavy atom. The number of halogens is 1. The Kier molecular flexibility index (Phi) is 4.04. The zero-order valence-corrected chi connectivity index (χ0v) is 12.6. The third-order valence-corrected chi connectivity index (χ3v) is 3.96. The highest BCUT2D eigenvalue weighted by atomic mass is 35.5. The molecule has 1 heterocycles. The second-order valence-corrected chi connectivity index (χ2v) is 5.68. The van der Waals surface area contributed by atoms with Gasteiger partial charge in [-0.15, -0.1) is 0 Å². The van der Waals surface area contributed by atoms with Crippen molar-refractivity contribution in [1.82, 2.24) is 0 Å². The molecule has 1 aliphatic rings. The minimum absolute atomic E-state index is 0.181. The van der Waals surface area contributed by atoms with E-state index < -0.39 is 0 Å². The molecule has 110 valence electrons. The van der Waals surface area contributed by atoms with Gasteiger partial charge in [0.2, 0.25) is 0 Å². The van der Waals surface area contributed by atoms with Gasteiger partial charge in [0.1, 0.15) is 17.6 Å². The van der Waals surface area contributed by atoms with Crippen LogP contribution in [0, 0.1) is 0 Å². The van der Waals surface area contributed by atoms with Gasteiger partial charge in [-0.1, -0.05) is 35.9 Å². The van der Waals surface area contributed by atoms with E-state index in [1.54, 1.807) is 6.07 Å². The summed E-state index contributed by atoms with van der Waals surface area (Å²) in [5.41, 5.74) is 8.58. The van der Waals surface area contributed by atoms with Crippen LogP contribution in [0.25, 0.3) is 0 Å². The van der Waals surface area contributed by atoms with Gasteiger partial charge < -0.3 is 15.2 Å². The van der Waals surface area contributed by atoms with E-state index in [1.165, 1.54) is 5.56 Å². The summed E-state index contributed by atoms with van der Waals surface area (Å²) in [6, 6.07) is 13.2. The van der Waals surface area contributed by atoms with Gasteiger partial charge in [-0.25, -0.2) is 0 Å². The summed E-state index contributed by atoms with van der Waals surface area (Å²) < 4.78 is 11.6. The second-order valence-electron chi connectivity index (χ2n) is 5.24. The molecule has 0 aromatic heterocycles. The summed E-state index contributed by atoms with van der Waals surface area (Å²) in [4.78, 5) is 0. The first-order valence-corrected chi connectivity index (χ1v) is 7.45. The lowest BCUT2D eigenvalue weighted by Crippen LogP contribution is -2.29. The number of ether oxygens (including phenoxy) is 2. The molecule has 21 heavy (non-hydrogen) atoms. The van der Waals surface area contributed by atoms with Crippen LogP contribution in [0.1, 0.15) is 24.1 Å². The smallest absolute Gasteiger partial charge is 0.127 e. The standard InChI is InChI=1S/C17H18ClNO2/c1-11(21-14-6-3-5-13(18)10-14)16(19)15-7-2-4-12-8-9-20-17(12)15/h2-7,10-11,16H,8-9,19H2,1H3. The first kappa shape index (κ1) is 14.2. The molecule has 2 atom stereocenters. The average molecular weight is 304 g/mol. The van der Waals surface area contributed by atoms with E-state index in [9.17, 15) is 0 Å². The number of nitrogens with two attached hydrogens (primary N) is 1. The molecule has 0 saturated heterocycles. The molecule has 0 fully saturated rings.